The SMILES string of the molecule is CCC1(CC(C)C)C(=O)NC(=S)NC1=O. The van der Waals surface area contributed by atoms with E-state index in [2.05, 4.69) is 10.6 Å². The van der Waals surface area contributed by atoms with Crippen LogP contribution in [0.25, 0.3) is 0 Å². The van der Waals surface area contributed by atoms with Crippen molar-refractivity contribution < 1.29 is 9.59 Å². The van der Waals surface area contributed by atoms with Gasteiger partial charge in [-0.15, -0.1) is 0 Å². The molecule has 0 radical (unpaired) electrons. The molecule has 1 aliphatic heterocycles. The predicted octanol–water partition coefficient (Wildman–Crippen LogP) is 0.960. The molecule has 0 saturated carbocycles. The maximum Gasteiger partial charge on any atom is 0.241 e. The first kappa shape index (κ1) is 12.1. The van der Waals surface area contributed by atoms with Crippen LogP contribution in [0.1, 0.15) is 33.6 Å². The van der Waals surface area contributed by atoms with Crippen molar-refractivity contribution in [2.75, 3.05) is 0 Å². The first-order valence-corrected chi connectivity index (χ1v) is 5.50. The first-order chi connectivity index (χ1) is 6.92. The molecule has 0 atom stereocenters. The third kappa shape index (κ3) is 2.17. The van der Waals surface area contributed by atoms with E-state index in [1.165, 1.54) is 0 Å². The number of hydrogen-bond donors (Lipinski definition) is 2. The fraction of sp³-hybridized carbons (Fsp3) is 0.700. The van der Waals surface area contributed by atoms with Gasteiger partial charge in [-0.1, -0.05) is 20.8 Å². The second-order valence-electron chi connectivity index (χ2n) is 4.27. The molecule has 0 aromatic rings. The minimum Gasteiger partial charge on any atom is -0.302 e. The zero-order valence-electron chi connectivity index (χ0n) is 9.22. The van der Waals surface area contributed by atoms with Gasteiger partial charge in [-0.3, -0.25) is 9.59 Å². The van der Waals surface area contributed by atoms with Crippen LogP contribution in [-0.2, 0) is 9.59 Å². The quantitative estimate of drug-likeness (QED) is 0.559. The number of amides is 2. The summed E-state index contributed by atoms with van der Waals surface area (Å²) in [6.07, 6.45) is 1.04. The minimum atomic E-state index is -0.948. The molecule has 1 aliphatic rings. The normalized spacial score (nSPS) is 20.1. The van der Waals surface area contributed by atoms with Crippen molar-refractivity contribution in [1.82, 2.24) is 10.6 Å². The number of rotatable bonds is 3. The summed E-state index contributed by atoms with van der Waals surface area (Å²) in [5.74, 6) is -0.256. The summed E-state index contributed by atoms with van der Waals surface area (Å²) in [5.41, 5.74) is -0.948. The Kier molecular flexibility index (Phi) is 3.44. The Morgan fingerprint density at radius 1 is 1.27 bits per heavy atom. The van der Waals surface area contributed by atoms with E-state index in [9.17, 15) is 9.59 Å². The van der Waals surface area contributed by atoms with Crippen molar-refractivity contribution >= 4 is 29.1 Å². The van der Waals surface area contributed by atoms with Crippen molar-refractivity contribution in [2.24, 2.45) is 11.3 Å². The van der Waals surface area contributed by atoms with Gasteiger partial charge in [-0.25, -0.2) is 0 Å². The number of hydrogen-bond acceptors (Lipinski definition) is 3. The van der Waals surface area contributed by atoms with E-state index >= 15 is 0 Å². The summed E-state index contributed by atoms with van der Waals surface area (Å²) < 4.78 is 0. The number of nitrogens with one attached hydrogen (secondary N) is 2. The van der Waals surface area contributed by atoms with Gasteiger partial charge in [0.15, 0.2) is 5.11 Å². The van der Waals surface area contributed by atoms with Crippen LogP contribution in [0.3, 0.4) is 0 Å². The third-order valence-electron chi connectivity index (χ3n) is 2.68. The molecule has 1 rings (SSSR count). The molecule has 0 unspecified atom stereocenters. The summed E-state index contributed by atoms with van der Waals surface area (Å²) in [6.45, 7) is 5.83. The molecule has 0 aromatic heterocycles. The average Bonchev–Trinajstić information content (AvgIpc) is 2.11. The number of thiocarbonyl (C=S) groups is 1. The smallest absolute Gasteiger partial charge is 0.241 e. The summed E-state index contributed by atoms with van der Waals surface area (Å²) >= 11 is 4.76. The maximum atomic E-state index is 11.8. The molecular formula is C10H16N2O2S. The van der Waals surface area contributed by atoms with Crippen LogP contribution in [-0.4, -0.2) is 16.9 Å². The maximum absolute atomic E-state index is 11.8. The van der Waals surface area contributed by atoms with Gasteiger partial charge < -0.3 is 10.6 Å². The molecule has 1 saturated heterocycles. The van der Waals surface area contributed by atoms with Gasteiger partial charge in [-0.2, -0.15) is 0 Å². The lowest BCUT2D eigenvalue weighted by Crippen LogP contribution is -2.62. The molecule has 1 heterocycles. The Morgan fingerprint density at radius 2 is 1.73 bits per heavy atom. The predicted molar refractivity (Wildman–Crippen MR) is 61.1 cm³/mol. The Morgan fingerprint density at radius 3 is 2.07 bits per heavy atom. The van der Waals surface area contributed by atoms with Crippen LogP contribution in [0.2, 0.25) is 0 Å². The van der Waals surface area contributed by atoms with E-state index < -0.39 is 5.41 Å². The van der Waals surface area contributed by atoms with E-state index in [0.29, 0.717) is 12.8 Å². The molecule has 1 fully saturated rings. The lowest BCUT2D eigenvalue weighted by molar-refractivity contribution is -0.145. The molecule has 2 N–H and O–H groups in total. The van der Waals surface area contributed by atoms with E-state index in [-0.39, 0.29) is 22.8 Å². The Labute approximate surface area is 94.8 Å². The van der Waals surface area contributed by atoms with Crippen LogP contribution in [0, 0.1) is 11.3 Å². The standard InChI is InChI=1S/C10H16N2O2S/c1-4-10(5-6(2)3)7(13)11-9(15)12-8(10)14/h6H,4-5H2,1-3H3,(H2,11,12,13,14,15). The second-order valence-corrected chi connectivity index (χ2v) is 4.68. The van der Waals surface area contributed by atoms with Crippen molar-refractivity contribution in [2.45, 2.75) is 33.6 Å². The van der Waals surface area contributed by atoms with Gasteiger partial charge in [0.1, 0.15) is 5.41 Å². The van der Waals surface area contributed by atoms with Gasteiger partial charge in [0.25, 0.3) is 0 Å². The average molecular weight is 228 g/mol. The van der Waals surface area contributed by atoms with Crippen LogP contribution < -0.4 is 10.6 Å². The molecule has 0 spiro atoms. The molecule has 0 aromatic carbocycles. The van der Waals surface area contributed by atoms with Crippen LogP contribution in [0.4, 0.5) is 0 Å². The summed E-state index contributed by atoms with van der Waals surface area (Å²) in [7, 11) is 0. The van der Waals surface area contributed by atoms with E-state index in [1.807, 2.05) is 20.8 Å². The van der Waals surface area contributed by atoms with E-state index in [4.69, 9.17) is 12.2 Å². The minimum absolute atomic E-state index is 0.109. The molecule has 5 heteroatoms. The largest absolute Gasteiger partial charge is 0.302 e. The zero-order valence-corrected chi connectivity index (χ0v) is 10.0. The highest BCUT2D eigenvalue weighted by Gasteiger charge is 2.47. The molecule has 0 aliphatic carbocycles. The molecular weight excluding hydrogens is 212 g/mol. The number of carbonyl (C=O) groups excluding carboxylic acids is 2. The number of carbonyl (C=O) groups is 2. The highest BCUT2D eigenvalue weighted by molar-refractivity contribution is 7.80. The van der Waals surface area contributed by atoms with Crippen LogP contribution in [0.15, 0.2) is 0 Å². The van der Waals surface area contributed by atoms with Gasteiger partial charge in [0.05, 0.1) is 0 Å². The topological polar surface area (TPSA) is 58.2 Å². The highest BCUT2D eigenvalue weighted by Crippen LogP contribution is 2.32. The van der Waals surface area contributed by atoms with E-state index in [0.717, 1.165) is 0 Å². The Balaban J connectivity index is 3.00. The summed E-state index contributed by atoms with van der Waals surface area (Å²) in [4.78, 5) is 23.7. The molecule has 15 heavy (non-hydrogen) atoms. The summed E-state index contributed by atoms with van der Waals surface area (Å²) in [6, 6.07) is 0. The Hall–Kier alpha value is -0.970. The van der Waals surface area contributed by atoms with Crippen molar-refractivity contribution in [1.29, 1.82) is 0 Å². The van der Waals surface area contributed by atoms with Crippen LogP contribution in [0.5, 0.6) is 0 Å². The lowest BCUT2D eigenvalue weighted by Gasteiger charge is -2.35. The fourth-order valence-electron chi connectivity index (χ4n) is 1.93. The highest BCUT2D eigenvalue weighted by atomic mass is 32.1. The third-order valence-corrected chi connectivity index (χ3v) is 2.89. The molecule has 0 bridgehead atoms. The van der Waals surface area contributed by atoms with Gasteiger partial charge >= 0.3 is 0 Å². The lowest BCUT2D eigenvalue weighted by atomic mass is 9.75. The van der Waals surface area contributed by atoms with Gasteiger partial charge in [0.2, 0.25) is 11.8 Å². The van der Waals surface area contributed by atoms with Crippen LogP contribution >= 0.6 is 12.2 Å². The fourth-order valence-corrected chi connectivity index (χ4v) is 2.11. The van der Waals surface area contributed by atoms with Crippen molar-refractivity contribution in [3.63, 3.8) is 0 Å². The first-order valence-electron chi connectivity index (χ1n) is 5.09. The van der Waals surface area contributed by atoms with Gasteiger partial charge in [0, 0.05) is 0 Å². The second kappa shape index (κ2) is 4.26. The summed E-state index contributed by atoms with van der Waals surface area (Å²) in [5, 5.41) is 5.14. The zero-order chi connectivity index (χ0) is 11.6. The van der Waals surface area contributed by atoms with Crippen molar-refractivity contribution in [3.8, 4) is 0 Å². The van der Waals surface area contributed by atoms with Crippen molar-refractivity contribution in [3.05, 3.63) is 0 Å². The van der Waals surface area contributed by atoms with Gasteiger partial charge in [-0.05, 0) is 31.0 Å². The Bertz CT molecular complexity index is 293. The van der Waals surface area contributed by atoms with E-state index in [1.54, 1.807) is 0 Å². The molecule has 84 valence electrons. The monoisotopic (exact) mass is 228 g/mol. The molecule has 2 amide bonds. The molecule has 4 nitrogen and oxygen atoms in total.